The highest BCUT2D eigenvalue weighted by Crippen LogP contribution is 2.18. The normalized spacial score (nSPS) is 10.8. The zero-order valence-corrected chi connectivity index (χ0v) is 8.29. The molecule has 1 aromatic heterocycles. The van der Waals surface area contributed by atoms with Gasteiger partial charge >= 0.3 is 0 Å². The molecule has 2 aromatic rings. The van der Waals surface area contributed by atoms with Gasteiger partial charge in [0.2, 0.25) is 0 Å². The Bertz CT molecular complexity index is 498. The van der Waals surface area contributed by atoms with Gasteiger partial charge in [0.25, 0.3) is 0 Å². The van der Waals surface area contributed by atoms with Gasteiger partial charge < -0.3 is 11.1 Å². The summed E-state index contributed by atoms with van der Waals surface area (Å²) in [6.07, 6.45) is 0. The number of fused-ring (bicyclic) bond motifs is 1. The van der Waals surface area contributed by atoms with Crippen LogP contribution in [0.1, 0.15) is 5.82 Å². The number of benzene rings is 1. The minimum Gasteiger partial charge on any atom is -0.383 e. The van der Waals surface area contributed by atoms with E-state index in [1.165, 1.54) is 12.1 Å². The van der Waals surface area contributed by atoms with E-state index in [1.807, 2.05) is 0 Å². The first-order chi connectivity index (χ1) is 7.20. The molecule has 0 saturated heterocycles. The van der Waals surface area contributed by atoms with E-state index in [0.717, 1.165) is 0 Å². The number of hydrogen-bond acceptors (Lipinski definition) is 4. The molecule has 78 valence electrons. The summed E-state index contributed by atoms with van der Waals surface area (Å²) in [6, 6.07) is 4.29. The Morgan fingerprint density at radius 2 is 2.20 bits per heavy atom. The van der Waals surface area contributed by atoms with Crippen LogP contribution in [0.5, 0.6) is 0 Å². The van der Waals surface area contributed by atoms with Crippen molar-refractivity contribution >= 4 is 16.7 Å². The molecule has 0 spiro atoms. The average molecular weight is 206 g/mol. The van der Waals surface area contributed by atoms with Crippen LogP contribution in [0, 0.1) is 5.82 Å². The van der Waals surface area contributed by atoms with Gasteiger partial charge in [-0.1, -0.05) is 0 Å². The van der Waals surface area contributed by atoms with E-state index in [4.69, 9.17) is 5.73 Å². The average Bonchev–Trinajstić information content (AvgIpc) is 2.17. The summed E-state index contributed by atoms with van der Waals surface area (Å²) in [5, 5.41) is 3.59. The topological polar surface area (TPSA) is 63.8 Å². The number of hydrogen-bond donors (Lipinski definition) is 2. The lowest BCUT2D eigenvalue weighted by Crippen LogP contribution is -2.10. The molecule has 0 aliphatic heterocycles. The maximum absolute atomic E-state index is 13.0. The van der Waals surface area contributed by atoms with Gasteiger partial charge in [0.15, 0.2) is 0 Å². The predicted molar refractivity (Wildman–Crippen MR) is 56.7 cm³/mol. The van der Waals surface area contributed by atoms with Gasteiger partial charge in [0.05, 0.1) is 12.1 Å². The van der Waals surface area contributed by atoms with Crippen molar-refractivity contribution in [1.29, 1.82) is 0 Å². The summed E-state index contributed by atoms with van der Waals surface area (Å²) in [5.41, 5.74) is 6.27. The Kier molecular flexibility index (Phi) is 2.47. The number of nitrogens with one attached hydrogen (secondary N) is 1. The van der Waals surface area contributed by atoms with Crippen LogP contribution in [-0.2, 0) is 6.54 Å². The van der Waals surface area contributed by atoms with E-state index in [0.29, 0.717) is 29.1 Å². The smallest absolute Gasteiger partial charge is 0.145 e. The SMILES string of the molecule is CNCc1nc(N)c2ccc(F)cc2n1. The summed E-state index contributed by atoms with van der Waals surface area (Å²) in [4.78, 5) is 8.30. The number of nitrogens with zero attached hydrogens (tertiary/aromatic N) is 2. The number of halogens is 1. The highest BCUT2D eigenvalue weighted by Gasteiger charge is 2.05. The largest absolute Gasteiger partial charge is 0.383 e. The van der Waals surface area contributed by atoms with E-state index in [2.05, 4.69) is 15.3 Å². The number of aromatic nitrogens is 2. The van der Waals surface area contributed by atoms with Gasteiger partial charge in [-0.15, -0.1) is 0 Å². The van der Waals surface area contributed by atoms with Crippen molar-refractivity contribution in [2.75, 3.05) is 12.8 Å². The Morgan fingerprint density at radius 1 is 1.40 bits per heavy atom. The lowest BCUT2D eigenvalue weighted by molar-refractivity contribution is 0.629. The first-order valence-corrected chi connectivity index (χ1v) is 4.57. The minimum absolute atomic E-state index is 0.323. The van der Waals surface area contributed by atoms with Crippen LogP contribution in [0.2, 0.25) is 0 Å². The molecule has 0 fully saturated rings. The molecule has 0 unspecified atom stereocenters. The standard InChI is InChI=1S/C10H11FN4/c1-13-5-9-14-8-4-6(11)2-3-7(8)10(12)15-9/h2-4,13H,5H2,1H3,(H2,12,14,15). The fraction of sp³-hybridized carbons (Fsp3) is 0.200. The minimum atomic E-state index is -0.323. The maximum atomic E-state index is 13.0. The van der Waals surface area contributed by atoms with Crippen LogP contribution < -0.4 is 11.1 Å². The molecule has 1 heterocycles. The van der Waals surface area contributed by atoms with Crippen molar-refractivity contribution in [1.82, 2.24) is 15.3 Å². The first kappa shape index (κ1) is 9.79. The summed E-state index contributed by atoms with van der Waals surface area (Å²) < 4.78 is 13.0. The van der Waals surface area contributed by atoms with Crippen molar-refractivity contribution < 1.29 is 4.39 Å². The lowest BCUT2D eigenvalue weighted by Gasteiger charge is -2.04. The summed E-state index contributed by atoms with van der Waals surface area (Å²) in [7, 11) is 1.79. The number of nitrogens with two attached hydrogens (primary N) is 1. The van der Waals surface area contributed by atoms with Gasteiger partial charge in [-0.05, 0) is 19.2 Å². The van der Waals surface area contributed by atoms with Crippen molar-refractivity contribution in [3.05, 3.63) is 29.8 Å². The monoisotopic (exact) mass is 206 g/mol. The maximum Gasteiger partial charge on any atom is 0.145 e. The number of anilines is 1. The Labute approximate surface area is 86.3 Å². The lowest BCUT2D eigenvalue weighted by atomic mass is 10.2. The molecule has 0 atom stereocenters. The van der Waals surface area contributed by atoms with Gasteiger partial charge in [-0.2, -0.15) is 0 Å². The summed E-state index contributed by atoms with van der Waals surface area (Å²) in [6.45, 7) is 0.511. The molecule has 0 saturated carbocycles. The van der Waals surface area contributed by atoms with Gasteiger partial charge in [0.1, 0.15) is 17.5 Å². The summed E-state index contributed by atoms with van der Waals surface area (Å²) >= 11 is 0. The third-order valence-corrected chi connectivity index (χ3v) is 2.07. The van der Waals surface area contributed by atoms with Gasteiger partial charge in [-0.25, -0.2) is 14.4 Å². The second-order valence-corrected chi connectivity index (χ2v) is 3.22. The molecule has 3 N–H and O–H groups in total. The first-order valence-electron chi connectivity index (χ1n) is 4.57. The third-order valence-electron chi connectivity index (χ3n) is 2.07. The molecule has 0 radical (unpaired) electrons. The third kappa shape index (κ3) is 1.87. The molecule has 2 rings (SSSR count). The van der Waals surface area contributed by atoms with Crippen LogP contribution in [0.15, 0.2) is 18.2 Å². The van der Waals surface area contributed by atoms with Crippen molar-refractivity contribution in [3.63, 3.8) is 0 Å². The molecular formula is C10H11FN4. The second kappa shape index (κ2) is 3.78. The van der Waals surface area contributed by atoms with Crippen LogP contribution in [0.25, 0.3) is 10.9 Å². The fourth-order valence-electron chi connectivity index (χ4n) is 1.41. The number of nitrogen functional groups attached to an aromatic ring is 1. The molecule has 5 heteroatoms. The van der Waals surface area contributed by atoms with Crippen LogP contribution in [0.4, 0.5) is 10.2 Å². The molecule has 4 nitrogen and oxygen atoms in total. The predicted octanol–water partition coefficient (Wildman–Crippen LogP) is 1.07. The van der Waals surface area contributed by atoms with E-state index in [1.54, 1.807) is 13.1 Å². The van der Waals surface area contributed by atoms with Crippen molar-refractivity contribution in [3.8, 4) is 0 Å². The van der Waals surface area contributed by atoms with Crippen molar-refractivity contribution in [2.45, 2.75) is 6.54 Å². The van der Waals surface area contributed by atoms with Crippen LogP contribution in [-0.4, -0.2) is 17.0 Å². The molecule has 0 aliphatic carbocycles. The van der Waals surface area contributed by atoms with Crippen LogP contribution >= 0.6 is 0 Å². The van der Waals surface area contributed by atoms with Crippen LogP contribution in [0.3, 0.4) is 0 Å². The van der Waals surface area contributed by atoms with E-state index in [9.17, 15) is 4.39 Å². The molecule has 0 bridgehead atoms. The van der Waals surface area contributed by atoms with E-state index in [-0.39, 0.29) is 5.82 Å². The molecule has 1 aromatic carbocycles. The van der Waals surface area contributed by atoms with E-state index < -0.39 is 0 Å². The quantitative estimate of drug-likeness (QED) is 0.771. The highest BCUT2D eigenvalue weighted by atomic mass is 19.1. The second-order valence-electron chi connectivity index (χ2n) is 3.22. The molecular weight excluding hydrogens is 195 g/mol. The Hall–Kier alpha value is -1.75. The van der Waals surface area contributed by atoms with Gasteiger partial charge in [-0.3, -0.25) is 0 Å². The summed E-state index contributed by atoms with van der Waals surface area (Å²) in [5.74, 6) is 0.620. The Balaban J connectivity index is 2.63. The van der Waals surface area contributed by atoms with Crippen molar-refractivity contribution in [2.24, 2.45) is 0 Å². The van der Waals surface area contributed by atoms with E-state index >= 15 is 0 Å². The molecule has 15 heavy (non-hydrogen) atoms. The molecule has 0 aliphatic rings. The highest BCUT2D eigenvalue weighted by molar-refractivity contribution is 5.87. The Morgan fingerprint density at radius 3 is 2.93 bits per heavy atom. The molecule has 0 amide bonds. The zero-order chi connectivity index (χ0) is 10.8. The fourth-order valence-corrected chi connectivity index (χ4v) is 1.41. The van der Waals surface area contributed by atoms with Gasteiger partial charge in [0, 0.05) is 11.5 Å². The number of rotatable bonds is 2. The zero-order valence-electron chi connectivity index (χ0n) is 8.29.